The van der Waals surface area contributed by atoms with Crippen LogP contribution in [0.1, 0.15) is 26.3 Å². The van der Waals surface area contributed by atoms with Crippen LogP contribution in [0.3, 0.4) is 0 Å². The van der Waals surface area contributed by atoms with Crippen LogP contribution in [0.15, 0.2) is 72.1 Å². The summed E-state index contributed by atoms with van der Waals surface area (Å²) in [5.74, 6) is -0.691. The van der Waals surface area contributed by atoms with Crippen LogP contribution in [0.25, 0.3) is 0 Å². The number of hydrogen-bond donors (Lipinski definition) is 1. The number of esters is 1. The molecular weight excluding hydrogens is 404 g/mol. The maximum atomic E-state index is 12.3. The molecule has 0 atom stereocenters. The zero-order chi connectivity index (χ0) is 22.2. The van der Waals surface area contributed by atoms with Crippen molar-refractivity contribution in [3.8, 4) is 11.5 Å². The first-order valence-electron chi connectivity index (χ1n) is 8.86. The van der Waals surface area contributed by atoms with Crippen molar-refractivity contribution < 1.29 is 24.0 Å². The molecule has 0 aliphatic rings. The zero-order valence-electron chi connectivity index (χ0n) is 16.2. The predicted molar refractivity (Wildman–Crippen MR) is 110 cm³/mol. The molecule has 156 valence electrons. The van der Waals surface area contributed by atoms with Gasteiger partial charge in [-0.15, -0.1) is 0 Å². The number of nitro groups is 1. The predicted octanol–water partition coefficient (Wildman–Crippen LogP) is 2.98. The van der Waals surface area contributed by atoms with E-state index in [2.05, 4.69) is 15.5 Å². The summed E-state index contributed by atoms with van der Waals surface area (Å²) in [5, 5.41) is 14.6. The van der Waals surface area contributed by atoms with Crippen LogP contribution in [-0.4, -0.2) is 35.1 Å². The molecule has 0 spiro atoms. The summed E-state index contributed by atoms with van der Waals surface area (Å²) < 4.78 is 10.6. The van der Waals surface area contributed by atoms with E-state index in [-0.39, 0.29) is 22.7 Å². The molecule has 0 unspecified atom stereocenters. The van der Waals surface area contributed by atoms with E-state index >= 15 is 0 Å². The van der Waals surface area contributed by atoms with Gasteiger partial charge in [0.15, 0.2) is 11.5 Å². The molecule has 0 radical (unpaired) electrons. The number of aromatic nitrogens is 1. The van der Waals surface area contributed by atoms with E-state index in [1.807, 2.05) is 0 Å². The number of ether oxygens (including phenoxy) is 2. The summed E-state index contributed by atoms with van der Waals surface area (Å²) in [7, 11) is 1.41. The number of pyridine rings is 1. The van der Waals surface area contributed by atoms with Gasteiger partial charge in [-0.3, -0.25) is 19.9 Å². The highest BCUT2D eigenvalue weighted by Crippen LogP contribution is 2.28. The van der Waals surface area contributed by atoms with Crippen molar-refractivity contribution in [3.05, 3.63) is 93.8 Å². The number of benzene rings is 2. The molecule has 0 aliphatic heterocycles. The minimum absolute atomic E-state index is 0.131. The van der Waals surface area contributed by atoms with E-state index in [0.717, 1.165) is 0 Å². The van der Waals surface area contributed by atoms with Gasteiger partial charge < -0.3 is 9.47 Å². The Balaban J connectivity index is 1.67. The summed E-state index contributed by atoms with van der Waals surface area (Å²) in [6.07, 6.45) is 4.38. The summed E-state index contributed by atoms with van der Waals surface area (Å²) in [6, 6.07) is 13.0. The van der Waals surface area contributed by atoms with Crippen LogP contribution in [0.4, 0.5) is 5.69 Å². The molecule has 0 fully saturated rings. The fraction of sp³-hybridized carbons (Fsp3) is 0.0476. The van der Waals surface area contributed by atoms with Gasteiger partial charge in [-0.2, -0.15) is 5.10 Å². The minimum atomic E-state index is -0.696. The summed E-state index contributed by atoms with van der Waals surface area (Å²) >= 11 is 0. The second kappa shape index (κ2) is 9.74. The number of nitrogens with one attached hydrogen (secondary N) is 1. The molecule has 1 amide bonds. The average Bonchev–Trinajstić information content (AvgIpc) is 2.80. The van der Waals surface area contributed by atoms with Crippen LogP contribution in [0, 0.1) is 10.1 Å². The number of hydrazone groups is 1. The molecule has 1 heterocycles. The lowest BCUT2D eigenvalue weighted by atomic mass is 10.2. The van der Waals surface area contributed by atoms with Crippen LogP contribution in [0.2, 0.25) is 0 Å². The SMILES string of the molecule is COc1cc(C=NNC(=O)c2cccnc2)ccc1OC(=O)c1ccc([N+](=O)[O-])cc1. The minimum Gasteiger partial charge on any atom is -0.493 e. The maximum Gasteiger partial charge on any atom is 0.343 e. The van der Waals surface area contributed by atoms with Gasteiger partial charge >= 0.3 is 5.97 Å². The monoisotopic (exact) mass is 420 g/mol. The lowest BCUT2D eigenvalue weighted by Crippen LogP contribution is -2.17. The molecule has 1 aromatic heterocycles. The number of carbonyl (C=O) groups excluding carboxylic acids is 2. The van der Waals surface area contributed by atoms with Gasteiger partial charge in [0, 0.05) is 24.5 Å². The number of methoxy groups -OCH3 is 1. The maximum absolute atomic E-state index is 12.3. The number of rotatable bonds is 7. The lowest BCUT2D eigenvalue weighted by Gasteiger charge is -2.10. The van der Waals surface area contributed by atoms with E-state index < -0.39 is 16.8 Å². The van der Waals surface area contributed by atoms with E-state index in [9.17, 15) is 19.7 Å². The van der Waals surface area contributed by atoms with Gasteiger partial charge in [0.2, 0.25) is 0 Å². The molecule has 0 saturated carbocycles. The molecule has 3 rings (SSSR count). The van der Waals surface area contributed by atoms with Gasteiger partial charge in [0.25, 0.3) is 11.6 Å². The Morgan fingerprint density at radius 2 is 1.87 bits per heavy atom. The topological polar surface area (TPSA) is 133 Å². The van der Waals surface area contributed by atoms with Crippen molar-refractivity contribution in [3.63, 3.8) is 0 Å². The molecule has 3 aromatic rings. The van der Waals surface area contributed by atoms with Crippen LogP contribution in [-0.2, 0) is 0 Å². The third-order valence-electron chi connectivity index (χ3n) is 4.01. The number of nitro benzene ring substituents is 1. The van der Waals surface area contributed by atoms with E-state index in [1.165, 1.54) is 49.9 Å². The first-order chi connectivity index (χ1) is 15.0. The number of amides is 1. The quantitative estimate of drug-likeness (QED) is 0.204. The van der Waals surface area contributed by atoms with E-state index in [1.54, 1.807) is 30.5 Å². The van der Waals surface area contributed by atoms with Gasteiger partial charge in [0.05, 0.1) is 29.4 Å². The summed E-state index contributed by atoms with van der Waals surface area (Å²) in [4.78, 5) is 38.3. The van der Waals surface area contributed by atoms with Crippen LogP contribution < -0.4 is 14.9 Å². The second-order valence-electron chi connectivity index (χ2n) is 6.04. The molecular formula is C21H16N4O6. The molecule has 0 aliphatic carbocycles. The van der Waals surface area contributed by atoms with Crippen molar-refractivity contribution in [2.24, 2.45) is 5.10 Å². The van der Waals surface area contributed by atoms with Gasteiger partial charge in [-0.05, 0) is 48.0 Å². The van der Waals surface area contributed by atoms with Gasteiger partial charge in [-0.25, -0.2) is 10.2 Å². The standard InChI is InChI=1S/C21H16N4O6/c1-30-19-11-14(12-23-24-20(26)16-3-2-10-22-13-16)4-9-18(19)31-21(27)15-5-7-17(8-6-15)25(28)29/h2-13H,1H3,(H,24,26). The van der Waals surface area contributed by atoms with Gasteiger partial charge in [0.1, 0.15) is 0 Å². The Morgan fingerprint density at radius 3 is 2.52 bits per heavy atom. The van der Waals surface area contributed by atoms with E-state index in [0.29, 0.717) is 11.1 Å². The Kier molecular flexibility index (Phi) is 6.64. The molecule has 10 heteroatoms. The molecule has 0 bridgehead atoms. The normalized spacial score (nSPS) is 10.5. The molecule has 10 nitrogen and oxygen atoms in total. The van der Waals surface area contributed by atoms with Crippen molar-refractivity contribution in [2.45, 2.75) is 0 Å². The Bertz CT molecular complexity index is 1130. The third kappa shape index (κ3) is 5.48. The molecule has 31 heavy (non-hydrogen) atoms. The first-order valence-corrected chi connectivity index (χ1v) is 8.86. The summed E-state index contributed by atoms with van der Waals surface area (Å²) in [5.41, 5.74) is 3.35. The fourth-order valence-corrected chi connectivity index (χ4v) is 2.45. The summed E-state index contributed by atoms with van der Waals surface area (Å²) in [6.45, 7) is 0. The van der Waals surface area contributed by atoms with Crippen LogP contribution in [0.5, 0.6) is 11.5 Å². The second-order valence-corrected chi connectivity index (χ2v) is 6.04. The number of hydrogen-bond acceptors (Lipinski definition) is 8. The smallest absolute Gasteiger partial charge is 0.343 e. The first kappa shape index (κ1) is 21.1. The number of non-ortho nitro benzene ring substituents is 1. The van der Waals surface area contributed by atoms with Crippen LogP contribution >= 0.6 is 0 Å². The van der Waals surface area contributed by atoms with Crippen molar-refractivity contribution in [1.29, 1.82) is 0 Å². The number of carbonyl (C=O) groups is 2. The Labute approximate surface area is 176 Å². The molecule has 1 N–H and O–H groups in total. The van der Waals surface area contributed by atoms with Crippen molar-refractivity contribution in [2.75, 3.05) is 7.11 Å². The Hall–Kier alpha value is -4.60. The fourth-order valence-electron chi connectivity index (χ4n) is 2.45. The highest BCUT2D eigenvalue weighted by atomic mass is 16.6. The average molecular weight is 420 g/mol. The van der Waals surface area contributed by atoms with E-state index in [4.69, 9.17) is 9.47 Å². The van der Waals surface area contributed by atoms with Crippen molar-refractivity contribution >= 4 is 23.8 Å². The molecule has 0 saturated heterocycles. The molecule has 2 aromatic carbocycles. The zero-order valence-corrected chi connectivity index (χ0v) is 16.2. The largest absolute Gasteiger partial charge is 0.493 e. The van der Waals surface area contributed by atoms with Crippen molar-refractivity contribution in [1.82, 2.24) is 10.4 Å². The number of nitrogens with zero attached hydrogens (tertiary/aromatic N) is 3. The Morgan fingerprint density at radius 1 is 1.10 bits per heavy atom. The highest BCUT2D eigenvalue weighted by Gasteiger charge is 2.14. The lowest BCUT2D eigenvalue weighted by molar-refractivity contribution is -0.384. The van der Waals surface area contributed by atoms with Gasteiger partial charge in [-0.1, -0.05) is 0 Å². The third-order valence-corrected chi connectivity index (χ3v) is 4.01. The highest BCUT2D eigenvalue weighted by molar-refractivity contribution is 5.94.